The molecule has 2 atom stereocenters. The topological polar surface area (TPSA) is 108 Å². The van der Waals surface area contributed by atoms with Crippen LogP contribution < -0.4 is 10.6 Å². The molecule has 0 aliphatic carbocycles. The number of amides is 3. The number of unbranched alkanes of at least 4 members (excludes halogenated alkanes) is 3. The number of nitrogens with zero attached hydrogens (tertiary/aromatic N) is 1. The molecule has 3 rings (SSSR count). The van der Waals surface area contributed by atoms with Gasteiger partial charge < -0.3 is 25.4 Å². The van der Waals surface area contributed by atoms with Crippen molar-refractivity contribution in [1.29, 1.82) is 0 Å². The van der Waals surface area contributed by atoms with Crippen molar-refractivity contribution in [1.82, 2.24) is 10.2 Å². The van der Waals surface area contributed by atoms with Crippen LogP contribution in [0.25, 0.3) is 10.8 Å². The van der Waals surface area contributed by atoms with Gasteiger partial charge in [-0.1, -0.05) is 74.7 Å². The zero-order valence-electron chi connectivity index (χ0n) is 25.0. The van der Waals surface area contributed by atoms with E-state index in [4.69, 9.17) is 4.74 Å². The van der Waals surface area contributed by atoms with Gasteiger partial charge in [0.05, 0.1) is 0 Å². The van der Waals surface area contributed by atoms with Gasteiger partial charge in [0.2, 0.25) is 5.91 Å². The summed E-state index contributed by atoms with van der Waals surface area (Å²) in [5.41, 5.74) is 0.743. The third-order valence-corrected chi connectivity index (χ3v) is 6.78. The molecule has 8 heteroatoms. The van der Waals surface area contributed by atoms with Crippen LogP contribution in [0.1, 0.15) is 77.5 Å². The second kappa shape index (κ2) is 14.0. The van der Waals surface area contributed by atoms with Gasteiger partial charge in [-0.05, 0) is 69.5 Å². The van der Waals surface area contributed by atoms with Gasteiger partial charge in [-0.3, -0.25) is 9.59 Å². The van der Waals surface area contributed by atoms with Crippen LogP contribution >= 0.6 is 0 Å². The van der Waals surface area contributed by atoms with Gasteiger partial charge in [-0.2, -0.15) is 0 Å². The van der Waals surface area contributed by atoms with Crippen molar-refractivity contribution in [2.45, 2.75) is 84.9 Å². The van der Waals surface area contributed by atoms with Crippen LogP contribution in [0.3, 0.4) is 0 Å². The summed E-state index contributed by atoms with van der Waals surface area (Å²) in [6.45, 7) is 10.9. The summed E-state index contributed by atoms with van der Waals surface area (Å²) in [5, 5.41) is 18.6. The van der Waals surface area contributed by atoms with Crippen LogP contribution in [0.15, 0.2) is 60.7 Å². The molecule has 0 aliphatic heterocycles. The smallest absolute Gasteiger partial charge is 0.408 e. The van der Waals surface area contributed by atoms with E-state index in [1.54, 1.807) is 52.8 Å². The number of carbonyl (C=O) groups is 3. The number of hydrogen-bond acceptors (Lipinski definition) is 5. The van der Waals surface area contributed by atoms with Crippen LogP contribution in [0.4, 0.5) is 10.5 Å². The Balaban J connectivity index is 2.00. The Morgan fingerprint density at radius 1 is 0.951 bits per heavy atom. The van der Waals surface area contributed by atoms with Crippen LogP contribution in [0.2, 0.25) is 0 Å². The van der Waals surface area contributed by atoms with Crippen molar-refractivity contribution >= 4 is 34.4 Å². The number of nitrogens with one attached hydrogen (secondary N) is 2. The molecule has 2 unspecified atom stereocenters. The predicted molar refractivity (Wildman–Crippen MR) is 163 cm³/mol. The van der Waals surface area contributed by atoms with Crippen molar-refractivity contribution in [3.05, 3.63) is 71.8 Å². The third-order valence-electron chi connectivity index (χ3n) is 6.78. The largest absolute Gasteiger partial charge is 0.507 e. The first-order valence-corrected chi connectivity index (χ1v) is 14.3. The van der Waals surface area contributed by atoms with Crippen LogP contribution in [0, 0.1) is 6.92 Å². The molecule has 0 saturated carbocycles. The van der Waals surface area contributed by atoms with E-state index >= 15 is 0 Å². The molecule has 0 saturated heterocycles. The highest BCUT2D eigenvalue weighted by atomic mass is 16.6. The Bertz CT molecular complexity index is 1360. The SMILES string of the molecule is CCCCCCN(C(=O)C(C)NC(=O)OC(C)(C)C)C(C(=O)Nc1ccc2ccccc2c1)c1cccc(C)c1O. The first-order valence-electron chi connectivity index (χ1n) is 14.3. The molecule has 0 aliphatic rings. The Labute approximate surface area is 243 Å². The van der Waals surface area contributed by atoms with Gasteiger partial charge in [0.1, 0.15) is 23.4 Å². The minimum absolute atomic E-state index is 0.0507. The summed E-state index contributed by atoms with van der Waals surface area (Å²) >= 11 is 0. The molecule has 0 radical (unpaired) electrons. The minimum atomic E-state index is -1.14. The predicted octanol–water partition coefficient (Wildman–Crippen LogP) is 6.86. The summed E-state index contributed by atoms with van der Waals surface area (Å²) in [4.78, 5) is 42.0. The molecule has 3 aromatic rings. The van der Waals surface area contributed by atoms with Crippen LogP contribution in [-0.2, 0) is 14.3 Å². The Morgan fingerprint density at radius 3 is 2.34 bits per heavy atom. The summed E-state index contributed by atoms with van der Waals surface area (Å²) in [6, 6.07) is 16.5. The zero-order valence-corrected chi connectivity index (χ0v) is 25.0. The number of benzene rings is 3. The zero-order chi connectivity index (χ0) is 30.2. The molecule has 220 valence electrons. The molecule has 0 spiro atoms. The molecule has 3 aromatic carbocycles. The van der Waals surface area contributed by atoms with Crippen LogP contribution in [-0.4, -0.2) is 46.1 Å². The number of alkyl carbamates (subject to hydrolysis) is 1. The summed E-state index contributed by atoms with van der Waals surface area (Å²) in [7, 11) is 0. The fourth-order valence-corrected chi connectivity index (χ4v) is 4.70. The Morgan fingerprint density at radius 2 is 1.66 bits per heavy atom. The van der Waals surface area contributed by atoms with Crippen molar-refractivity contribution in [2.75, 3.05) is 11.9 Å². The average Bonchev–Trinajstić information content (AvgIpc) is 2.90. The maximum Gasteiger partial charge on any atom is 0.408 e. The maximum absolute atomic E-state index is 14.1. The van der Waals surface area contributed by atoms with E-state index in [-0.39, 0.29) is 12.3 Å². The molecule has 41 heavy (non-hydrogen) atoms. The fraction of sp³-hybridized carbons (Fsp3) is 0.424. The number of hydrogen-bond donors (Lipinski definition) is 3. The lowest BCUT2D eigenvalue weighted by molar-refractivity contribution is -0.140. The van der Waals surface area contributed by atoms with E-state index in [2.05, 4.69) is 17.6 Å². The molecule has 0 bridgehead atoms. The minimum Gasteiger partial charge on any atom is -0.507 e. The number of carbonyl (C=O) groups excluding carboxylic acids is 3. The van der Waals surface area contributed by atoms with E-state index in [1.807, 2.05) is 42.5 Å². The first kappa shape index (κ1) is 31.5. The van der Waals surface area contributed by atoms with Gasteiger partial charge in [0.25, 0.3) is 5.91 Å². The normalized spacial score (nSPS) is 12.8. The van der Waals surface area contributed by atoms with E-state index in [1.165, 1.54) is 4.90 Å². The fourth-order valence-electron chi connectivity index (χ4n) is 4.70. The lowest BCUT2D eigenvalue weighted by atomic mass is 9.98. The Kier molecular flexibility index (Phi) is 10.8. The van der Waals surface area contributed by atoms with Crippen molar-refractivity contribution < 1.29 is 24.2 Å². The van der Waals surface area contributed by atoms with E-state index in [0.29, 0.717) is 23.2 Å². The van der Waals surface area contributed by atoms with Crippen molar-refractivity contribution in [3.63, 3.8) is 0 Å². The van der Waals surface area contributed by atoms with Crippen molar-refractivity contribution in [2.24, 2.45) is 0 Å². The monoisotopic (exact) mass is 561 g/mol. The number of fused-ring (bicyclic) bond motifs is 1. The highest BCUT2D eigenvalue weighted by molar-refractivity contribution is 6.00. The van der Waals surface area contributed by atoms with E-state index < -0.39 is 35.6 Å². The van der Waals surface area contributed by atoms with Gasteiger partial charge >= 0.3 is 6.09 Å². The molecular formula is C33H43N3O5. The summed E-state index contributed by atoms with van der Waals surface area (Å²) in [5.74, 6) is -0.966. The highest BCUT2D eigenvalue weighted by Crippen LogP contribution is 2.33. The second-order valence-corrected chi connectivity index (χ2v) is 11.4. The first-order chi connectivity index (χ1) is 19.4. The number of ether oxygens (including phenoxy) is 1. The van der Waals surface area contributed by atoms with Gasteiger partial charge in [0, 0.05) is 17.8 Å². The van der Waals surface area contributed by atoms with E-state index in [0.717, 1.165) is 30.0 Å². The summed E-state index contributed by atoms with van der Waals surface area (Å²) < 4.78 is 5.35. The average molecular weight is 562 g/mol. The third kappa shape index (κ3) is 8.71. The molecule has 0 heterocycles. The standard InChI is InChI=1S/C33H43N3O5/c1-7-8-9-12-20-36(31(39)23(3)34-32(40)41-33(4,5)6)28(27-17-13-14-22(2)29(27)37)30(38)35-26-19-18-24-15-10-11-16-25(24)21-26/h10-11,13-19,21,23,28,37H,7-9,12,20H2,1-6H3,(H,34,40)(H,35,38). The van der Waals surface area contributed by atoms with Crippen LogP contribution in [0.5, 0.6) is 5.75 Å². The second-order valence-electron chi connectivity index (χ2n) is 11.4. The number of rotatable bonds is 11. The number of anilines is 1. The summed E-state index contributed by atoms with van der Waals surface area (Å²) in [6.07, 6.45) is 2.80. The highest BCUT2D eigenvalue weighted by Gasteiger charge is 2.36. The van der Waals surface area contributed by atoms with Gasteiger partial charge in [-0.25, -0.2) is 4.79 Å². The van der Waals surface area contributed by atoms with E-state index in [9.17, 15) is 19.5 Å². The molecule has 0 fully saturated rings. The molecule has 8 nitrogen and oxygen atoms in total. The maximum atomic E-state index is 14.1. The lowest BCUT2D eigenvalue weighted by Crippen LogP contribution is -2.51. The van der Waals surface area contributed by atoms with Gasteiger partial charge in [-0.15, -0.1) is 0 Å². The molecular weight excluding hydrogens is 518 g/mol. The number of phenolic OH excluding ortho intramolecular Hbond substituents is 1. The molecule has 0 aromatic heterocycles. The molecule has 3 amide bonds. The van der Waals surface area contributed by atoms with Crippen molar-refractivity contribution in [3.8, 4) is 5.75 Å². The Hall–Kier alpha value is -4.07. The number of para-hydroxylation sites is 1. The quantitative estimate of drug-likeness (QED) is 0.222. The van der Waals surface area contributed by atoms with Gasteiger partial charge in [0.15, 0.2) is 0 Å². The number of aromatic hydroxyl groups is 1. The number of phenols is 1. The molecule has 3 N–H and O–H groups in total. The number of aryl methyl sites for hydroxylation is 1. The lowest BCUT2D eigenvalue weighted by Gasteiger charge is -2.34.